The van der Waals surface area contributed by atoms with Crippen molar-refractivity contribution < 1.29 is 4.74 Å². The molecular formula is C24H29N7O. The molecule has 2 heterocycles. The van der Waals surface area contributed by atoms with Gasteiger partial charge in [-0.15, -0.1) is 0 Å². The Labute approximate surface area is 188 Å². The van der Waals surface area contributed by atoms with Crippen LogP contribution < -0.4 is 20.4 Å². The molecule has 0 saturated carbocycles. The van der Waals surface area contributed by atoms with Crippen LogP contribution in [-0.2, 0) is 0 Å². The molecule has 32 heavy (non-hydrogen) atoms. The molecule has 3 aromatic rings. The Bertz CT molecular complexity index is 1020. The maximum absolute atomic E-state index is 5.80. The number of benzene rings is 2. The number of hydrogen-bond donors (Lipinski definition) is 2. The molecule has 2 aromatic carbocycles. The SMILES string of the molecule is CCCOc1ccccc1/C=N\Nc1nc(Nc2ccccc2)nc(N2CCCCC2)n1. The molecule has 1 saturated heterocycles. The van der Waals surface area contributed by atoms with Crippen molar-refractivity contribution in [1.82, 2.24) is 15.0 Å². The average molecular weight is 432 g/mol. The zero-order chi connectivity index (χ0) is 22.0. The van der Waals surface area contributed by atoms with E-state index in [-0.39, 0.29) is 0 Å². The largest absolute Gasteiger partial charge is 0.493 e. The predicted molar refractivity (Wildman–Crippen MR) is 129 cm³/mol. The lowest BCUT2D eigenvalue weighted by Gasteiger charge is -2.26. The summed E-state index contributed by atoms with van der Waals surface area (Å²) in [6.45, 7) is 4.64. The molecule has 0 radical (unpaired) electrons. The third-order valence-electron chi connectivity index (χ3n) is 5.04. The molecule has 0 aliphatic carbocycles. The van der Waals surface area contributed by atoms with Gasteiger partial charge in [0.25, 0.3) is 0 Å². The van der Waals surface area contributed by atoms with Gasteiger partial charge in [-0.25, -0.2) is 5.43 Å². The van der Waals surface area contributed by atoms with Gasteiger partial charge in [0, 0.05) is 24.3 Å². The Kier molecular flexibility index (Phi) is 7.46. The van der Waals surface area contributed by atoms with E-state index in [2.05, 4.69) is 42.6 Å². The van der Waals surface area contributed by atoms with E-state index in [0.717, 1.165) is 49.4 Å². The number of nitrogens with one attached hydrogen (secondary N) is 2. The van der Waals surface area contributed by atoms with Crippen LogP contribution in [0.25, 0.3) is 0 Å². The quantitative estimate of drug-likeness (QED) is 0.370. The summed E-state index contributed by atoms with van der Waals surface area (Å²) in [6, 6.07) is 17.7. The highest BCUT2D eigenvalue weighted by atomic mass is 16.5. The number of nitrogens with zero attached hydrogens (tertiary/aromatic N) is 5. The Morgan fingerprint density at radius 1 is 0.938 bits per heavy atom. The standard InChI is InChI=1S/C24H29N7O/c1-2-17-32-21-14-8-7-11-19(21)18-25-30-23-27-22(26-20-12-5-3-6-13-20)28-24(29-23)31-15-9-4-10-16-31/h3,5-8,11-14,18H,2,4,9-10,15-17H2,1H3,(H2,26,27,28,29,30)/b25-18-. The van der Waals surface area contributed by atoms with Crippen LogP contribution >= 0.6 is 0 Å². The van der Waals surface area contributed by atoms with E-state index in [1.807, 2.05) is 54.6 Å². The number of rotatable bonds is 9. The summed E-state index contributed by atoms with van der Waals surface area (Å²) >= 11 is 0. The van der Waals surface area contributed by atoms with E-state index in [0.29, 0.717) is 24.5 Å². The Morgan fingerprint density at radius 2 is 1.69 bits per heavy atom. The number of piperidine rings is 1. The van der Waals surface area contributed by atoms with Crippen LogP contribution in [0.1, 0.15) is 38.2 Å². The highest BCUT2D eigenvalue weighted by Gasteiger charge is 2.16. The minimum Gasteiger partial charge on any atom is -0.493 e. The van der Waals surface area contributed by atoms with Crippen molar-refractivity contribution in [2.75, 3.05) is 35.3 Å². The van der Waals surface area contributed by atoms with Crippen LogP contribution in [0.2, 0.25) is 0 Å². The second-order valence-corrected chi connectivity index (χ2v) is 7.58. The summed E-state index contributed by atoms with van der Waals surface area (Å²) in [4.78, 5) is 16.0. The Hall–Kier alpha value is -3.68. The summed E-state index contributed by atoms with van der Waals surface area (Å²) in [5.41, 5.74) is 4.77. The number of aromatic nitrogens is 3. The minimum atomic E-state index is 0.391. The zero-order valence-corrected chi connectivity index (χ0v) is 18.4. The highest BCUT2D eigenvalue weighted by Crippen LogP contribution is 2.21. The number of para-hydroxylation sites is 2. The molecule has 0 atom stereocenters. The summed E-state index contributed by atoms with van der Waals surface area (Å²) in [7, 11) is 0. The van der Waals surface area contributed by atoms with Gasteiger partial charge in [0.1, 0.15) is 5.75 Å². The van der Waals surface area contributed by atoms with E-state index in [1.165, 1.54) is 6.42 Å². The van der Waals surface area contributed by atoms with Gasteiger partial charge in [-0.1, -0.05) is 37.3 Å². The minimum absolute atomic E-state index is 0.391. The highest BCUT2D eigenvalue weighted by molar-refractivity contribution is 5.83. The first kappa shape index (κ1) is 21.5. The lowest BCUT2D eigenvalue weighted by atomic mass is 10.1. The van der Waals surface area contributed by atoms with Gasteiger partial charge in [0.2, 0.25) is 17.8 Å². The molecule has 2 N–H and O–H groups in total. The van der Waals surface area contributed by atoms with E-state index in [1.54, 1.807) is 6.21 Å². The van der Waals surface area contributed by atoms with Crippen molar-refractivity contribution in [2.24, 2.45) is 5.10 Å². The van der Waals surface area contributed by atoms with Crippen molar-refractivity contribution in [3.63, 3.8) is 0 Å². The maximum atomic E-state index is 5.80. The van der Waals surface area contributed by atoms with Crippen LogP contribution in [0.4, 0.5) is 23.5 Å². The van der Waals surface area contributed by atoms with Crippen LogP contribution in [0.5, 0.6) is 5.75 Å². The Morgan fingerprint density at radius 3 is 2.50 bits per heavy atom. The first-order valence-electron chi connectivity index (χ1n) is 11.2. The third-order valence-corrected chi connectivity index (χ3v) is 5.04. The number of ether oxygens (including phenoxy) is 1. The summed E-state index contributed by atoms with van der Waals surface area (Å²) < 4.78 is 5.80. The predicted octanol–water partition coefficient (Wildman–Crippen LogP) is 4.84. The van der Waals surface area contributed by atoms with Crippen molar-refractivity contribution in [1.29, 1.82) is 0 Å². The molecule has 4 rings (SSSR count). The maximum Gasteiger partial charge on any atom is 0.250 e. The van der Waals surface area contributed by atoms with Crippen LogP contribution in [0, 0.1) is 0 Å². The molecule has 0 amide bonds. The first-order valence-corrected chi connectivity index (χ1v) is 11.2. The topological polar surface area (TPSA) is 87.6 Å². The summed E-state index contributed by atoms with van der Waals surface area (Å²) in [6.07, 6.45) is 6.20. The van der Waals surface area contributed by atoms with E-state index < -0.39 is 0 Å². The lowest BCUT2D eigenvalue weighted by molar-refractivity contribution is 0.317. The van der Waals surface area contributed by atoms with E-state index in [4.69, 9.17) is 4.74 Å². The number of hydrazone groups is 1. The molecule has 8 heteroatoms. The van der Waals surface area contributed by atoms with Crippen LogP contribution in [-0.4, -0.2) is 40.9 Å². The fourth-order valence-electron chi connectivity index (χ4n) is 3.45. The van der Waals surface area contributed by atoms with E-state index in [9.17, 15) is 0 Å². The average Bonchev–Trinajstić information content (AvgIpc) is 2.84. The molecule has 0 bridgehead atoms. The van der Waals surface area contributed by atoms with Crippen LogP contribution in [0.15, 0.2) is 59.7 Å². The fourth-order valence-corrected chi connectivity index (χ4v) is 3.45. The normalized spacial score (nSPS) is 13.8. The molecular weight excluding hydrogens is 402 g/mol. The molecule has 0 unspecified atom stereocenters. The monoisotopic (exact) mass is 431 g/mol. The second-order valence-electron chi connectivity index (χ2n) is 7.58. The van der Waals surface area contributed by atoms with Gasteiger partial charge in [0.05, 0.1) is 12.8 Å². The third kappa shape index (κ3) is 5.94. The number of hydrogen-bond acceptors (Lipinski definition) is 8. The molecule has 0 spiro atoms. The second kappa shape index (κ2) is 11.1. The molecule has 1 fully saturated rings. The van der Waals surface area contributed by atoms with Gasteiger partial charge in [-0.05, 0) is 49.9 Å². The van der Waals surface area contributed by atoms with Gasteiger partial charge >= 0.3 is 0 Å². The van der Waals surface area contributed by atoms with Gasteiger partial charge in [0.15, 0.2) is 0 Å². The number of anilines is 4. The zero-order valence-electron chi connectivity index (χ0n) is 18.4. The van der Waals surface area contributed by atoms with Crippen molar-refractivity contribution in [3.8, 4) is 5.75 Å². The molecule has 1 aliphatic heterocycles. The van der Waals surface area contributed by atoms with Crippen LogP contribution in [0.3, 0.4) is 0 Å². The summed E-state index contributed by atoms with van der Waals surface area (Å²) in [5.74, 6) is 2.33. The molecule has 166 valence electrons. The molecule has 8 nitrogen and oxygen atoms in total. The van der Waals surface area contributed by atoms with Gasteiger partial charge < -0.3 is 15.0 Å². The molecule has 1 aliphatic rings. The van der Waals surface area contributed by atoms with Gasteiger partial charge in [-0.3, -0.25) is 0 Å². The smallest absolute Gasteiger partial charge is 0.250 e. The molecule has 1 aromatic heterocycles. The Balaban J connectivity index is 1.54. The van der Waals surface area contributed by atoms with Crippen molar-refractivity contribution in [3.05, 3.63) is 60.2 Å². The first-order chi connectivity index (χ1) is 15.8. The summed E-state index contributed by atoms with van der Waals surface area (Å²) in [5, 5.41) is 7.62. The fraction of sp³-hybridized carbons (Fsp3) is 0.333. The van der Waals surface area contributed by atoms with E-state index >= 15 is 0 Å². The van der Waals surface area contributed by atoms with Gasteiger partial charge in [-0.2, -0.15) is 20.1 Å². The van der Waals surface area contributed by atoms with Crippen molar-refractivity contribution in [2.45, 2.75) is 32.6 Å². The lowest BCUT2D eigenvalue weighted by Crippen LogP contribution is -2.31. The van der Waals surface area contributed by atoms with Crippen molar-refractivity contribution >= 4 is 29.7 Å².